The zero-order chi connectivity index (χ0) is 17.9. The van der Waals surface area contributed by atoms with Gasteiger partial charge < -0.3 is 10.6 Å². The van der Waals surface area contributed by atoms with Crippen LogP contribution in [0.3, 0.4) is 0 Å². The smallest absolute Gasteiger partial charge is 0.147 e. The zero-order valence-corrected chi connectivity index (χ0v) is 14.9. The maximum absolute atomic E-state index is 5.68. The molecular weight excluding hydrogens is 322 g/mol. The first kappa shape index (κ1) is 16.7. The molecule has 4 rings (SSSR count). The lowest BCUT2D eigenvalue weighted by Gasteiger charge is -2.16. The fourth-order valence-electron chi connectivity index (χ4n) is 3.54. The molecular formula is C21H23N5. The van der Waals surface area contributed by atoms with Crippen molar-refractivity contribution in [2.24, 2.45) is 10.7 Å². The number of anilines is 1. The summed E-state index contributed by atoms with van der Waals surface area (Å²) in [4.78, 5) is 15.9. The van der Waals surface area contributed by atoms with Gasteiger partial charge in [0.05, 0.1) is 22.9 Å². The lowest BCUT2D eigenvalue weighted by molar-refractivity contribution is 0.936. The second-order valence-corrected chi connectivity index (χ2v) is 6.67. The van der Waals surface area contributed by atoms with Gasteiger partial charge in [-0.2, -0.15) is 0 Å². The Balaban J connectivity index is 1.73. The lowest BCUT2D eigenvalue weighted by Crippen LogP contribution is -2.19. The Bertz CT molecular complexity index is 944. The molecule has 0 amide bonds. The first-order valence-corrected chi connectivity index (χ1v) is 9.10. The van der Waals surface area contributed by atoms with Crippen LogP contribution in [-0.2, 0) is 6.42 Å². The van der Waals surface area contributed by atoms with Crippen molar-refractivity contribution in [1.29, 1.82) is 0 Å². The van der Waals surface area contributed by atoms with Crippen molar-refractivity contribution in [3.63, 3.8) is 0 Å². The second-order valence-electron chi connectivity index (χ2n) is 6.67. The van der Waals surface area contributed by atoms with Gasteiger partial charge in [0.2, 0.25) is 0 Å². The Kier molecular flexibility index (Phi) is 4.63. The monoisotopic (exact) mass is 345 g/mol. The number of nitrogens with zero attached hydrogens (tertiary/aromatic N) is 4. The predicted molar refractivity (Wildman–Crippen MR) is 108 cm³/mol. The Hall–Kier alpha value is -2.79. The van der Waals surface area contributed by atoms with Gasteiger partial charge in [-0.3, -0.25) is 9.98 Å². The number of aromatic nitrogens is 2. The third kappa shape index (κ3) is 3.18. The number of hydrogen-bond acceptors (Lipinski definition) is 5. The number of nitrogens with two attached hydrogens (primary N) is 1. The predicted octanol–water partition coefficient (Wildman–Crippen LogP) is 3.73. The molecule has 1 aromatic heterocycles. The number of benzene rings is 2. The fraction of sp³-hybridized carbons (Fsp3) is 0.286. The molecule has 1 fully saturated rings. The normalized spacial score (nSPS) is 14.1. The summed E-state index contributed by atoms with van der Waals surface area (Å²) < 4.78 is 0. The molecule has 0 unspecified atom stereocenters. The van der Waals surface area contributed by atoms with Crippen molar-refractivity contribution < 1.29 is 0 Å². The van der Waals surface area contributed by atoms with Crippen LogP contribution in [-0.4, -0.2) is 36.3 Å². The molecule has 0 radical (unpaired) electrons. The molecule has 0 aliphatic carbocycles. The Morgan fingerprint density at radius 1 is 1.04 bits per heavy atom. The molecule has 5 nitrogen and oxygen atoms in total. The van der Waals surface area contributed by atoms with Crippen molar-refractivity contribution in [2.45, 2.75) is 19.3 Å². The SMILES string of the molecule is C=Nc1cc(-c2ccc3ncc(N4CCCC4)nc3c2)ccc1CCN. The summed E-state index contributed by atoms with van der Waals surface area (Å²) in [6.07, 6.45) is 5.14. The third-order valence-corrected chi connectivity index (χ3v) is 4.96. The first-order valence-electron chi connectivity index (χ1n) is 9.10. The van der Waals surface area contributed by atoms with Gasteiger partial charge in [-0.05, 0) is 67.4 Å². The number of hydrogen-bond donors (Lipinski definition) is 1. The highest BCUT2D eigenvalue weighted by Crippen LogP contribution is 2.30. The van der Waals surface area contributed by atoms with Crippen LogP contribution >= 0.6 is 0 Å². The molecule has 0 spiro atoms. The molecule has 2 N–H and O–H groups in total. The standard InChI is InChI=1S/C21H23N5/c1-23-19-12-16(5-4-15(19)8-9-22)17-6-7-18-20(13-17)25-21(14-24-18)26-10-2-3-11-26/h4-7,12-14H,1-3,8-11,22H2. The van der Waals surface area contributed by atoms with Crippen LogP contribution in [0, 0.1) is 0 Å². The summed E-state index contributed by atoms with van der Waals surface area (Å²) in [5, 5.41) is 0. The van der Waals surface area contributed by atoms with Crippen molar-refractivity contribution in [3.05, 3.63) is 48.2 Å². The van der Waals surface area contributed by atoms with Crippen molar-refractivity contribution >= 4 is 29.3 Å². The Morgan fingerprint density at radius 3 is 2.58 bits per heavy atom. The molecule has 0 saturated carbocycles. The number of aliphatic imine (C=N–C) groups is 1. The summed E-state index contributed by atoms with van der Waals surface area (Å²) >= 11 is 0. The van der Waals surface area contributed by atoms with E-state index in [1.165, 1.54) is 12.8 Å². The van der Waals surface area contributed by atoms with Gasteiger partial charge in [-0.15, -0.1) is 0 Å². The van der Waals surface area contributed by atoms with Gasteiger partial charge >= 0.3 is 0 Å². The topological polar surface area (TPSA) is 67.4 Å². The van der Waals surface area contributed by atoms with E-state index >= 15 is 0 Å². The molecule has 5 heteroatoms. The van der Waals surface area contributed by atoms with E-state index in [0.29, 0.717) is 6.54 Å². The summed E-state index contributed by atoms with van der Waals surface area (Å²) in [6.45, 7) is 6.43. The van der Waals surface area contributed by atoms with E-state index in [0.717, 1.165) is 58.7 Å². The second kappa shape index (κ2) is 7.22. The van der Waals surface area contributed by atoms with Crippen molar-refractivity contribution in [2.75, 3.05) is 24.5 Å². The van der Waals surface area contributed by atoms with Crippen LogP contribution in [0.5, 0.6) is 0 Å². The molecule has 26 heavy (non-hydrogen) atoms. The highest BCUT2D eigenvalue weighted by Gasteiger charge is 2.14. The van der Waals surface area contributed by atoms with E-state index in [9.17, 15) is 0 Å². The minimum absolute atomic E-state index is 0.604. The molecule has 1 aliphatic heterocycles. The van der Waals surface area contributed by atoms with E-state index < -0.39 is 0 Å². The first-order chi connectivity index (χ1) is 12.8. The minimum Gasteiger partial charge on any atom is -0.355 e. The summed E-state index contributed by atoms with van der Waals surface area (Å²) in [5.74, 6) is 0.971. The van der Waals surface area contributed by atoms with E-state index in [-0.39, 0.29) is 0 Å². The van der Waals surface area contributed by atoms with Gasteiger partial charge in [0.15, 0.2) is 0 Å². The van der Waals surface area contributed by atoms with Gasteiger partial charge in [0.25, 0.3) is 0 Å². The molecule has 3 aromatic rings. The zero-order valence-electron chi connectivity index (χ0n) is 14.9. The van der Waals surface area contributed by atoms with Crippen LogP contribution in [0.4, 0.5) is 11.5 Å². The molecule has 0 atom stereocenters. The molecule has 2 heterocycles. The van der Waals surface area contributed by atoms with Crippen molar-refractivity contribution in [1.82, 2.24) is 9.97 Å². The van der Waals surface area contributed by atoms with Gasteiger partial charge in [0, 0.05) is 13.1 Å². The van der Waals surface area contributed by atoms with E-state index in [2.05, 4.69) is 51.9 Å². The Morgan fingerprint density at radius 2 is 1.81 bits per heavy atom. The quantitative estimate of drug-likeness (QED) is 0.716. The molecule has 1 saturated heterocycles. The maximum atomic E-state index is 5.68. The van der Waals surface area contributed by atoms with E-state index in [1.807, 2.05) is 12.3 Å². The Labute approximate surface area is 153 Å². The summed E-state index contributed by atoms with van der Waals surface area (Å²) in [7, 11) is 0. The number of fused-ring (bicyclic) bond motifs is 1. The van der Waals surface area contributed by atoms with Crippen LogP contribution in [0.2, 0.25) is 0 Å². The molecule has 1 aliphatic rings. The van der Waals surface area contributed by atoms with Gasteiger partial charge in [0.1, 0.15) is 5.82 Å². The van der Waals surface area contributed by atoms with Crippen LogP contribution < -0.4 is 10.6 Å². The third-order valence-electron chi connectivity index (χ3n) is 4.96. The largest absolute Gasteiger partial charge is 0.355 e. The molecule has 0 bridgehead atoms. The van der Waals surface area contributed by atoms with Crippen molar-refractivity contribution in [3.8, 4) is 11.1 Å². The average molecular weight is 345 g/mol. The van der Waals surface area contributed by atoms with Crippen LogP contribution in [0.1, 0.15) is 18.4 Å². The molecule has 2 aromatic carbocycles. The van der Waals surface area contributed by atoms with E-state index in [1.54, 1.807) is 0 Å². The average Bonchev–Trinajstić information content (AvgIpc) is 3.22. The minimum atomic E-state index is 0.604. The maximum Gasteiger partial charge on any atom is 0.147 e. The van der Waals surface area contributed by atoms with Crippen LogP contribution in [0.15, 0.2) is 47.6 Å². The number of rotatable bonds is 5. The van der Waals surface area contributed by atoms with Crippen LogP contribution in [0.25, 0.3) is 22.2 Å². The molecule has 132 valence electrons. The van der Waals surface area contributed by atoms with E-state index in [4.69, 9.17) is 10.7 Å². The highest BCUT2D eigenvalue weighted by atomic mass is 15.2. The van der Waals surface area contributed by atoms with Gasteiger partial charge in [-0.25, -0.2) is 4.98 Å². The summed E-state index contributed by atoms with van der Waals surface area (Å²) in [6, 6.07) is 12.5. The lowest BCUT2D eigenvalue weighted by atomic mass is 10.0. The fourth-order valence-corrected chi connectivity index (χ4v) is 3.54. The summed E-state index contributed by atoms with van der Waals surface area (Å²) in [5.41, 5.74) is 11.7. The highest BCUT2D eigenvalue weighted by molar-refractivity contribution is 5.83. The van der Waals surface area contributed by atoms with Gasteiger partial charge in [-0.1, -0.05) is 18.2 Å².